The molecule has 0 spiro atoms. The Morgan fingerprint density at radius 1 is 1.35 bits per heavy atom. The van der Waals surface area contributed by atoms with Crippen molar-refractivity contribution >= 4 is 18.4 Å². The van der Waals surface area contributed by atoms with E-state index < -0.39 is 6.10 Å². The molecule has 0 aromatic heterocycles. The molecule has 0 heterocycles. The van der Waals surface area contributed by atoms with Gasteiger partial charge in [0.15, 0.2) is 6.10 Å². The summed E-state index contributed by atoms with van der Waals surface area (Å²) in [6.07, 6.45) is -0.560. The molecular weight excluding hydrogens is 242 g/mol. The molecule has 0 saturated heterocycles. The third-order valence-electron chi connectivity index (χ3n) is 2.15. The Hall–Kier alpha value is -1.10. The molecule has 17 heavy (non-hydrogen) atoms. The summed E-state index contributed by atoms with van der Waals surface area (Å²) >= 11 is 0. The standard InChI is InChI=1S/C12H17NO3.ClH/c1-13-8-11(12(14)15-2)16-9-10-6-4-3-5-7-10;/h3-7,11,13H,8-9H2,1-2H3;1H/t11-;/m0./s1. The van der Waals surface area contributed by atoms with Crippen LogP contribution < -0.4 is 5.32 Å². The van der Waals surface area contributed by atoms with Crippen LogP contribution in [0.4, 0.5) is 0 Å². The van der Waals surface area contributed by atoms with Crippen molar-refractivity contribution in [3.63, 3.8) is 0 Å². The number of nitrogens with one attached hydrogen (secondary N) is 1. The molecule has 1 rings (SSSR count). The predicted molar refractivity (Wildman–Crippen MR) is 68.2 cm³/mol. The number of esters is 1. The highest BCUT2D eigenvalue weighted by molar-refractivity contribution is 5.85. The Labute approximate surface area is 108 Å². The average molecular weight is 260 g/mol. The summed E-state index contributed by atoms with van der Waals surface area (Å²) in [5.41, 5.74) is 1.03. The van der Waals surface area contributed by atoms with Crippen LogP contribution in [0.5, 0.6) is 0 Å². The summed E-state index contributed by atoms with van der Waals surface area (Å²) in [7, 11) is 3.12. The molecule has 1 atom stereocenters. The highest BCUT2D eigenvalue weighted by atomic mass is 35.5. The number of ether oxygens (including phenoxy) is 2. The van der Waals surface area contributed by atoms with Crippen molar-refractivity contribution in [3.05, 3.63) is 35.9 Å². The first-order chi connectivity index (χ1) is 7.77. The van der Waals surface area contributed by atoms with E-state index in [-0.39, 0.29) is 18.4 Å². The number of hydrogen-bond donors (Lipinski definition) is 1. The van der Waals surface area contributed by atoms with Gasteiger partial charge < -0.3 is 14.8 Å². The maximum absolute atomic E-state index is 11.3. The molecule has 0 aliphatic carbocycles. The molecule has 0 aliphatic heterocycles. The van der Waals surface area contributed by atoms with Gasteiger partial charge >= 0.3 is 5.97 Å². The van der Waals surface area contributed by atoms with Crippen molar-refractivity contribution in [2.75, 3.05) is 20.7 Å². The van der Waals surface area contributed by atoms with Crippen LogP contribution in [0.25, 0.3) is 0 Å². The van der Waals surface area contributed by atoms with E-state index in [9.17, 15) is 4.79 Å². The van der Waals surface area contributed by atoms with E-state index in [1.165, 1.54) is 7.11 Å². The summed E-state index contributed by atoms with van der Waals surface area (Å²) in [6.45, 7) is 0.849. The van der Waals surface area contributed by atoms with Crippen molar-refractivity contribution in [2.24, 2.45) is 0 Å². The molecule has 0 saturated carbocycles. The fourth-order valence-electron chi connectivity index (χ4n) is 1.30. The Morgan fingerprint density at radius 3 is 2.53 bits per heavy atom. The molecule has 5 heteroatoms. The van der Waals surface area contributed by atoms with Gasteiger partial charge in [0.2, 0.25) is 0 Å². The number of likely N-dealkylation sites (N-methyl/N-ethyl adjacent to an activating group) is 1. The Kier molecular flexibility index (Phi) is 8.40. The van der Waals surface area contributed by atoms with Gasteiger partial charge in [-0.3, -0.25) is 0 Å². The van der Waals surface area contributed by atoms with E-state index >= 15 is 0 Å². The van der Waals surface area contributed by atoms with Crippen LogP contribution in [0.1, 0.15) is 5.56 Å². The second-order valence-electron chi connectivity index (χ2n) is 3.37. The normalized spacial score (nSPS) is 11.4. The number of hydrogen-bond acceptors (Lipinski definition) is 4. The molecule has 0 bridgehead atoms. The monoisotopic (exact) mass is 259 g/mol. The molecule has 4 nitrogen and oxygen atoms in total. The Morgan fingerprint density at radius 2 is 2.00 bits per heavy atom. The van der Waals surface area contributed by atoms with E-state index in [4.69, 9.17) is 4.74 Å². The van der Waals surface area contributed by atoms with Gasteiger partial charge in [-0.2, -0.15) is 0 Å². The summed E-state index contributed by atoms with van der Waals surface area (Å²) in [4.78, 5) is 11.3. The maximum atomic E-state index is 11.3. The fourth-order valence-corrected chi connectivity index (χ4v) is 1.30. The molecule has 0 unspecified atom stereocenters. The summed E-state index contributed by atoms with van der Waals surface area (Å²) in [5, 5.41) is 2.89. The number of halogens is 1. The maximum Gasteiger partial charge on any atom is 0.336 e. The molecule has 0 amide bonds. The lowest BCUT2D eigenvalue weighted by molar-refractivity contribution is -0.154. The lowest BCUT2D eigenvalue weighted by Gasteiger charge is -2.15. The van der Waals surface area contributed by atoms with Gasteiger partial charge in [-0.1, -0.05) is 30.3 Å². The number of carbonyl (C=O) groups excluding carboxylic acids is 1. The topological polar surface area (TPSA) is 47.6 Å². The van der Waals surface area contributed by atoms with E-state index in [0.29, 0.717) is 13.2 Å². The van der Waals surface area contributed by atoms with E-state index in [2.05, 4.69) is 10.1 Å². The Bertz CT molecular complexity index is 319. The fraction of sp³-hybridized carbons (Fsp3) is 0.417. The van der Waals surface area contributed by atoms with Crippen LogP contribution >= 0.6 is 12.4 Å². The van der Waals surface area contributed by atoms with Gasteiger partial charge in [0.05, 0.1) is 13.7 Å². The van der Waals surface area contributed by atoms with Crippen LogP contribution in [0.15, 0.2) is 30.3 Å². The quantitative estimate of drug-likeness (QED) is 0.785. The highest BCUT2D eigenvalue weighted by Gasteiger charge is 2.18. The minimum Gasteiger partial charge on any atom is -0.467 e. The number of benzene rings is 1. The third-order valence-corrected chi connectivity index (χ3v) is 2.15. The van der Waals surface area contributed by atoms with Crippen LogP contribution in [-0.2, 0) is 20.9 Å². The van der Waals surface area contributed by atoms with Gasteiger partial charge in [-0.15, -0.1) is 12.4 Å². The lowest BCUT2D eigenvalue weighted by Crippen LogP contribution is -2.34. The minimum atomic E-state index is -0.560. The first-order valence-corrected chi connectivity index (χ1v) is 5.16. The third kappa shape index (κ3) is 5.68. The second-order valence-corrected chi connectivity index (χ2v) is 3.37. The van der Waals surface area contributed by atoms with E-state index in [0.717, 1.165) is 5.56 Å². The van der Waals surface area contributed by atoms with Gasteiger partial charge in [-0.25, -0.2) is 4.79 Å². The van der Waals surface area contributed by atoms with Crippen molar-refractivity contribution < 1.29 is 14.3 Å². The molecule has 1 N–H and O–H groups in total. The average Bonchev–Trinajstić information content (AvgIpc) is 2.34. The van der Waals surface area contributed by atoms with E-state index in [1.807, 2.05) is 30.3 Å². The van der Waals surface area contributed by atoms with Crippen LogP contribution in [0, 0.1) is 0 Å². The smallest absolute Gasteiger partial charge is 0.336 e. The van der Waals surface area contributed by atoms with Crippen LogP contribution in [-0.4, -0.2) is 32.8 Å². The second kappa shape index (κ2) is 8.98. The predicted octanol–water partition coefficient (Wildman–Crippen LogP) is 1.39. The van der Waals surface area contributed by atoms with Gasteiger partial charge in [0.1, 0.15) is 0 Å². The molecule has 1 aromatic rings. The van der Waals surface area contributed by atoms with Gasteiger partial charge in [0.25, 0.3) is 0 Å². The molecule has 0 radical (unpaired) electrons. The molecule has 96 valence electrons. The van der Waals surface area contributed by atoms with Crippen molar-refractivity contribution in [2.45, 2.75) is 12.7 Å². The highest BCUT2D eigenvalue weighted by Crippen LogP contribution is 2.04. The molecule has 1 aromatic carbocycles. The first-order valence-electron chi connectivity index (χ1n) is 5.16. The number of rotatable bonds is 6. The first kappa shape index (κ1) is 15.9. The largest absolute Gasteiger partial charge is 0.467 e. The zero-order valence-electron chi connectivity index (χ0n) is 10.0. The summed E-state index contributed by atoms with van der Waals surface area (Å²) < 4.78 is 10.1. The zero-order valence-corrected chi connectivity index (χ0v) is 10.8. The number of carbonyl (C=O) groups is 1. The van der Waals surface area contributed by atoms with Crippen molar-refractivity contribution in [3.8, 4) is 0 Å². The molecular formula is C12H18ClNO3. The summed E-state index contributed by atoms with van der Waals surface area (Å²) in [6, 6.07) is 9.71. The van der Waals surface area contributed by atoms with Gasteiger partial charge in [0, 0.05) is 6.54 Å². The Balaban J connectivity index is 0.00000256. The van der Waals surface area contributed by atoms with Crippen LogP contribution in [0.2, 0.25) is 0 Å². The lowest BCUT2D eigenvalue weighted by atomic mass is 10.2. The number of methoxy groups -OCH3 is 1. The SMILES string of the molecule is CNC[C@H](OCc1ccccc1)C(=O)OC.Cl. The van der Waals surface area contributed by atoms with E-state index in [1.54, 1.807) is 7.05 Å². The minimum absolute atomic E-state index is 0. The van der Waals surface area contributed by atoms with Crippen molar-refractivity contribution in [1.29, 1.82) is 0 Å². The zero-order chi connectivity index (χ0) is 11.8. The molecule has 0 aliphatic rings. The summed E-state index contributed by atoms with van der Waals surface area (Å²) in [5.74, 6) is -0.356. The molecule has 0 fully saturated rings. The van der Waals surface area contributed by atoms with Gasteiger partial charge in [-0.05, 0) is 12.6 Å². The van der Waals surface area contributed by atoms with Crippen molar-refractivity contribution in [1.82, 2.24) is 5.32 Å². The van der Waals surface area contributed by atoms with Crippen LogP contribution in [0.3, 0.4) is 0 Å².